The molecule has 0 spiro atoms. The van der Waals surface area contributed by atoms with E-state index in [4.69, 9.17) is 28.8 Å². The van der Waals surface area contributed by atoms with Crippen LogP contribution in [0.2, 0.25) is 0 Å². The number of nitrogens with zero attached hydrogens (tertiary/aromatic N) is 2. The molecule has 47 heavy (non-hydrogen) atoms. The first kappa shape index (κ1) is 33.5. The van der Waals surface area contributed by atoms with E-state index >= 15 is 0 Å². The van der Waals surface area contributed by atoms with Crippen molar-refractivity contribution in [2.45, 2.75) is 26.5 Å². The number of carbonyl (C=O) groups is 2. The molecule has 0 bridgehead atoms. The van der Waals surface area contributed by atoms with Crippen molar-refractivity contribution in [1.82, 2.24) is 4.57 Å². The molecule has 5 rings (SSSR count). The SMILES string of the molecule is CCOc1ccc([C@@H]2C(C(=O)OC)=CN=c3s/c(=C\c4cc(OC)c(OCc5ccc(C(=O)O)cc5)cc4Br)c(=O)n32)cc1OCC. The van der Waals surface area contributed by atoms with Crippen LogP contribution in [0.3, 0.4) is 0 Å². The summed E-state index contributed by atoms with van der Waals surface area (Å²) in [6.07, 6.45) is 3.15. The van der Waals surface area contributed by atoms with E-state index in [1.165, 1.54) is 48.5 Å². The number of carboxylic acids is 1. The smallest absolute Gasteiger partial charge is 0.337 e. The fraction of sp³-hybridized carbons (Fsp3) is 0.235. The van der Waals surface area contributed by atoms with E-state index in [9.17, 15) is 14.4 Å². The highest BCUT2D eigenvalue weighted by Gasteiger charge is 2.31. The summed E-state index contributed by atoms with van der Waals surface area (Å²) < 4.78 is 30.7. The van der Waals surface area contributed by atoms with Gasteiger partial charge in [-0.25, -0.2) is 14.6 Å². The molecule has 0 amide bonds. The number of aromatic nitrogens is 1. The summed E-state index contributed by atoms with van der Waals surface area (Å²) in [7, 11) is 2.79. The Morgan fingerprint density at radius 2 is 1.66 bits per heavy atom. The van der Waals surface area contributed by atoms with Crippen LogP contribution in [0, 0.1) is 0 Å². The zero-order chi connectivity index (χ0) is 33.7. The molecule has 0 radical (unpaired) electrons. The number of aromatic carboxylic acids is 1. The number of hydrogen-bond acceptors (Lipinski definition) is 10. The Morgan fingerprint density at radius 1 is 0.957 bits per heavy atom. The van der Waals surface area contributed by atoms with Gasteiger partial charge in [-0.2, -0.15) is 0 Å². The molecule has 3 aromatic carbocycles. The van der Waals surface area contributed by atoms with Crippen LogP contribution < -0.4 is 33.8 Å². The van der Waals surface area contributed by atoms with Gasteiger partial charge in [0.25, 0.3) is 5.56 Å². The minimum atomic E-state index is -1.00. The Balaban J connectivity index is 1.53. The fourth-order valence-electron chi connectivity index (χ4n) is 4.97. The van der Waals surface area contributed by atoms with Gasteiger partial charge in [0.2, 0.25) is 0 Å². The lowest BCUT2D eigenvalue weighted by atomic mass is 9.97. The van der Waals surface area contributed by atoms with Crippen molar-refractivity contribution in [2.75, 3.05) is 27.4 Å². The van der Waals surface area contributed by atoms with Crippen LogP contribution in [0.25, 0.3) is 6.08 Å². The predicted molar refractivity (Wildman–Crippen MR) is 178 cm³/mol. The third kappa shape index (κ3) is 7.10. The third-order valence-electron chi connectivity index (χ3n) is 7.17. The molecule has 0 saturated heterocycles. The van der Waals surface area contributed by atoms with Gasteiger partial charge in [-0.3, -0.25) is 9.36 Å². The lowest BCUT2D eigenvalue weighted by Crippen LogP contribution is -2.39. The highest BCUT2D eigenvalue weighted by Crippen LogP contribution is 2.36. The molecule has 0 unspecified atom stereocenters. The van der Waals surface area contributed by atoms with Gasteiger partial charge < -0.3 is 28.8 Å². The molecule has 1 aliphatic heterocycles. The molecule has 4 aromatic rings. The summed E-state index contributed by atoms with van der Waals surface area (Å²) in [6, 6.07) is 14.4. The lowest BCUT2D eigenvalue weighted by molar-refractivity contribution is -0.136. The fourth-order valence-corrected chi connectivity index (χ4v) is 6.36. The number of hydrogen-bond donors (Lipinski definition) is 1. The number of rotatable bonds is 12. The van der Waals surface area contributed by atoms with Crippen molar-refractivity contribution in [3.05, 3.63) is 113 Å². The molecule has 0 aliphatic carbocycles. The number of ether oxygens (including phenoxy) is 5. The van der Waals surface area contributed by atoms with Crippen LogP contribution in [-0.4, -0.2) is 49.0 Å². The number of carboxylic acid groups (broad SMARTS) is 1. The second-order valence-corrected chi connectivity index (χ2v) is 11.9. The van der Waals surface area contributed by atoms with Gasteiger partial charge in [0.15, 0.2) is 27.8 Å². The molecule has 1 N–H and O–H groups in total. The van der Waals surface area contributed by atoms with E-state index in [1.54, 1.807) is 48.5 Å². The number of esters is 1. The summed E-state index contributed by atoms with van der Waals surface area (Å²) in [5.41, 5.74) is 2.08. The maximum absolute atomic E-state index is 14.0. The molecule has 13 heteroatoms. The van der Waals surface area contributed by atoms with E-state index in [2.05, 4.69) is 20.9 Å². The van der Waals surface area contributed by atoms with Crippen LogP contribution in [0.1, 0.15) is 46.9 Å². The molecule has 1 atom stereocenters. The van der Waals surface area contributed by atoms with Gasteiger partial charge >= 0.3 is 11.9 Å². The molecule has 0 saturated carbocycles. The molecule has 11 nitrogen and oxygen atoms in total. The zero-order valence-corrected chi connectivity index (χ0v) is 28.3. The summed E-state index contributed by atoms with van der Waals surface area (Å²) in [5.74, 6) is 0.307. The summed E-state index contributed by atoms with van der Waals surface area (Å²) in [5, 5.41) is 9.13. The minimum absolute atomic E-state index is 0.180. The highest BCUT2D eigenvalue weighted by atomic mass is 79.9. The van der Waals surface area contributed by atoms with Crippen LogP contribution in [0.15, 0.2) is 80.6 Å². The Morgan fingerprint density at radius 3 is 2.32 bits per heavy atom. The van der Waals surface area contributed by atoms with Gasteiger partial charge in [-0.1, -0.05) is 45.5 Å². The first-order valence-electron chi connectivity index (χ1n) is 14.5. The standard InChI is InChI=1S/C34H31BrN2O9S/c1-5-44-25-12-11-21(13-27(25)45-6-2)30-23(33(41)43-4)17-36-34-37(30)31(38)29(47-34)15-22-14-26(42-3)28(16-24(22)35)46-18-19-7-9-20(10-8-19)32(39)40/h7-17,30H,5-6,18H2,1-4H3,(H,39,40)/b29-15-/t30-/m1/s1. The van der Waals surface area contributed by atoms with Crippen molar-refractivity contribution < 1.29 is 38.4 Å². The van der Waals surface area contributed by atoms with E-state index in [0.29, 0.717) is 61.1 Å². The maximum atomic E-state index is 14.0. The summed E-state index contributed by atoms with van der Waals surface area (Å²) in [6.45, 7) is 4.75. The van der Waals surface area contributed by atoms with Crippen molar-refractivity contribution in [1.29, 1.82) is 0 Å². The van der Waals surface area contributed by atoms with E-state index in [0.717, 1.165) is 5.56 Å². The van der Waals surface area contributed by atoms with E-state index < -0.39 is 18.0 Å². The van der Waals surface area contributed by atoms with Crippen LogP contribution in [0.5, 0.6) is 23.0 Å². The topological polar surface area (TPSA) is 135 Å². The van der Waals surface area contributed by atoms with E-state index in [1.807, 2.05) is 13.8 Å². The zero-order valence-electron chi connectivity index (χ0n) is 25.9. The third-order valence-corrected chi connectivity index (χ3v) is 8.86. The number of halogens is 1. The second-order valence-electron chi connectivity index (χ2n) is 10.1. The Kier molecular flexibility index (Phi) is 10.5. The molecule has 1 aliphatic rings. The molecule has 244 valence electrons. The highest BCUT2D eigenvalue weighted by molar-refractivity contribution is 9.10. The van der Waals surface area contributed by atoms with Crippen LogP contribution in [-0.2, 0) is 16.1 Å². The number of fused-ring (bicyclic) bond motifs is 1. The van der Waals surface area contributed by atoms with Gasteiger partial charge in [0, 0.05) is 10.7 Å². The Hall–Kier alpha value is -4.88. The monoisotopic (exact) mass is 722 g/mol. The normalized spacial score (nSPS) is 14.0. The van der Waals surface area contributed by atoms with Gasteiger partial charge in [-0.05, 0) is 73.0 Å². The van der Waals surface area contributed by atoms with Crippen LogP contribution >= 0.6 is 27.3 Å². The molecular formula is C34H31BrN2O9S. The average molecular weight is 724 g/mol. The lowest BCUT2D eigenvalue weighted by Gasteiger charge is -2.23. The van der Waals surface area contributed by atoms with Crippen molar-refractivity contribution in [3.63, 3.8) is 0 Å². The number of methoxy groups -OCH3 is 2. The van der Waals surface area contributed by atoms with Crippen molar-refractivity contribution in [2.24, 2.45) is 4.99 Å². The summed E-state index contributed by atoms with van der Waals surface area (Å²) in [4.78, 5) is 42.9. The number of benzene rings is 3. The van der Waals surface area contributed by atoms with Crippen LogP contribution in [0.4, 0.5) is 0 Å². The first-order chi connectivity index (χ1) is 22.7. The minimum Gasteiger partial charge on any atom is -0.493 e. The maximum Gasteiger partial charge on any atom is 0.337 e. The Bertz CT molecular complexity index is 2030. The molecule has 0 fully saturated rings. The quantitative estimate of drug-likeness (QED) is 0.203. The van der Waals surface area contributed by atoms with Gasteiger partial charge in [0.05, 0.1) is 49.1 Å². The molecular weight excluding hydrogens is 692 g/mol. The van der Waals surface area contributed by atoms with Crippen molar-refractivity contribution >= 4 is 45.3 Å². The number of carbonyl (C=O) groups excluding carboxylic acids is 1. The molecule has 1 aromatic heterocycles. The van der Waals surface area contributed by atoms with E-state index in [-0.39, 0.29) is 23.3 Å². The average Bonchev–Trinajstić information content (AvgIpc) is 3.39. The van der Waals surface area contributed by atoms with Gasteiger partial charge in [-0.15, -0.1) is 0 Å². The number of thiazole rings is 1. The molecule has 2 heterocycles. The van der Waals surface area contributed by atoms with Crippen molar-refractivity contribution in [3.8, 4) is 23.0 Å². The predicted octanol–water partition coefficient (Wildman–Crippen LogP) is 4.86. The largest absolute Gasteiger partial charge is 0.493 e. The van der Waals surface area contributed by atoms with Gasteiger partial charge in [0.1, 0.15) is 6.61 Å². The second kappa shape index (κ2) is 14.7. The Labute approximate surface area is 282 Å². The first-order valence-corrected chi connectivity index (χ1v) is 16.1. The summed E-state index contributed by atoms with van der Waals surface area (Å²) >= 11 is 4.77.